The van der Waals surface area contributed by atoms with Gasteiger partial charge in [0.1, 0.15) is 11.1 Å². The van der Waals surface area contributed by atoms with Crippen LogP contribution >= 0.6 is 11.5 Å². The Kier molecular flexibility index (Phi) is 6.62. The van der Waals surface area contributed by atoms with Gasteiger partial charge in [0.25, 0.3) is 5.56 Å². The number of nitriles is 1. The normalized spacial score (nSPS) is 10.1. The van der Waals surface area contributed by atoms with Crippen LogP contribution in [0.3, 0.4) is 0 Å². The molecule has 3 rings (SSSR count). The van der Waals surface area contributed by atoms with Gasteiger partial charge in [0.2, 0.25) is 0 Å². The van der Waals surface area contributed by atoms with Crippen molar-refractivity contribution in [2.45, 2.75) is 0 Å². The van der Waals surface area contributed by atoms with E-state index < -0.39 is 0 Å². The maximum absolute atomic E-state index is 11.4. The van der Waals surface area contributed by atoms with Gasteiger partial charge in [-0.15, -0.1) is 23.4 Å². The Balaban J connectivity index is 0.00000208. The number of H-pyrrole nitrogens is 1. The number of anilines is 2. The van der Waals surface area contributed by atoms with E-state index in [4.69, 9.17) is 5.26 Å². The molecule has 0 saturated heterocycles. The van der Waals surface area contributed by atoms with Crippen molar-refractivity contribution in [2.24, 2.45) is 4.99 Å². The zero-order chi connectivity index (χ0) is 16.1. The predicted octanol–water partition coefficient (Wildman–Crippen LogP) is 3.48. The largest absolute Gasteiger partial charge is 0.378 e. The molecular formula is C17H10N4OSY-2. The van der Waals surface area contributed by atoms with Crippen LogP contribution in [-0.4, -0.2) is 10.6 Å². The van der Waals surface area contributed by atoms with Crippen molar-refractivity contribution in [2.75, 3.05) is 5.32 Å². The van der Waals surface area contributed by atoms with E-state index >= 15 is 0 Å². The van der Waals surface area contributed by atoms with E-state index in [9.17, 15) is 4.79 Å². The summed E-state index contributed by atoms with van der Waals surface area (Å²) >= 11 is 1.10. The van der Waals surface area contributed by atoms with Gasteiger partial charge in [-0.25, -0.2) is 6.07 Å². The first-order chi connectivity index (χ1) is 11.3. The van der Waals surface area contributed by atoms with Gasteiger partial charge in [0, 0.05) is 38.4 Å². The van der Waals surface area contributed by atoms with Crippen LogP contribution in [0.2, 0.25) is 0 Å². The van der Waals surface area contributed by atoms with Crippen LogP contribution in [0, 0.1) is 17.4 Å². The van der Waals surface area contributed by atoms with E-state index in [1.54, 1.807) is 6.07 Å². The minimum absolute atomic E-state index is 0. The summed E-state index contributed by atoms with van der Waals surface area (Å²) in [4.78, 5) is 15.6. The maximum atomic E-state index is 11.4. The minimum Gasteiger partial charge on any atom is -0.378 e. The van der Waals surface area contributed by atoms with Crippen molar-refractivity contribution in [1.29, 1.82) is 5.26 Å². The number of aromatic amines is 1. The van der Waals surface area contributed by atoms with Gasteiger partial charge >= 0.3 is 0 Å². The number of nitrogens with one attached hydrogen (secondary N) is 2. The molecule has 0 amide bonds. The molecular weight excluding hydrogens is 397 g/mol. The summed E-state index contributed by atoms with van der Waals surface area (Å²) in [6, 6.07) is 19.6. The first-order valence-electron chi connectivity index (χ1n) is 6.68. The molecule has 0 aliphatic heterocycles. The van der Waals surface area contributed by atoms with E-state index in [0.29, 0.717) is 10.7 Å². The molecule has 0 saturated carbocycles. The van der Waals surface area contributed by atoms with E-state index in [-0.39, 0.29) is 43.8 Å². The van der Waals surface area contributed by atoms with Crippen molar-refractivity contribution in [3.05, 3.63) is 76.1 Å². The van der Waals surface area contributed by atoms with Gasteiger partial charge in [-0.05, 0) is 17.7 Å². The Hall–Kier alpha value is -2.07. The molecule has 0 fully saturated rings. The third kappa shape index (κ3) is 4.48. The Labute approximate surface area is 168 Å². The topological polar surface area (TPSA) is 81.0 Å². The second-order valence-corrected chi connectivity index (χ2v) is 5.34. The number of hydrogen-bond acceptors (Lipinski definition) is 5. The Morgan fingerprint density at radius 1 is 1.25 bits per heavy atom. The van der Waals surface area contributed by atoms with Gasteiger partial charge in [-0.3, -0.25) is 9.17 Å². The molecule has 0 aliphatic carbocycles. The third-order valence-corrected chi connectivity index (χ3v) is 3.75. The molecule has 3 aromatic rings. The average molecular weight is 407 g/mol. The fourth-order valence-corrected chi connectivity index (χ4v) is 2.54. The number of rotatable bonds is 4. The van der Waals surface area contributed by atoms with Gasteiger partial charge in [0.15, 0.2) is 5.56 Å². The quantitative estimate of drug-likeness (QED) is 0.513. The van der Waals surface area contributed by atoms with Crippen molar-refractivity contribution in [3.63, 3.8) is 0 Å². The summed E-state index contributed by atoms with van der Waals surface area (Å²) in [5, 5.41) is 12.5. The maximum Gasteiger partial charge on any atom is 0.278 e. The Morgan fingerprint density at radius 3 is 2.71 bits per heavy atom. The SMILES string of the molecule is N#Cc1c(Nc2ccc([C-]=Nc3[c-]cccc3)cc2)s[nH]c1=O.[Y]. The van der Waals surface area contributed by atoms with Crippen molar-refractivity contribution >= 4 is 34.1 Å². The molecule has 7 heteroatoms. The van der Waals surface area contributed by atoms with E-state index in [0.717, 1.165) is 22.8 Å². The first kappa shape index (κ1) is 18.3. The predicted molar refractivity (Wildman–Crippen MR) is 90.9 cm³/mol. The average Bonchev–Trinajstić information content (AvgIpc) is 2.95. The molecule has 0 atom stereocenters. The molecule has 0 unspecified atom stereocenters. The minimum atomic E-state index is -0.379. The summed E-state index contributed by atoms with van der Waals surface area (Å²) in [5.41, 5.74) is 2.01. The monoisotopic (exact) mass is 407 g/mol. The Bertz CT molecular complexity index is 924. The zero-order valence-electron chi connectivity index (χ0n) is 12.4. The molecule has 24 heavy (non-hydrogen) atoms. The van der Waals surface area contributed by atoms with Crippen LogP contribution in [0.15, 0.2) is 58.3 Å². The smallest absolute Gasteiger partial charge is 0.278 e. The molecule has 0 bridgehead atoms. The molecule has 1 aromatic heterocycles. The zero-order valence-corrected chi connectivity index (χ0v) is 16.1. The molecule has 2 N–H and O–H groups in total. The first-order valence-corrected chi connectivity index (χ1v) is 7.50. The summed E-state index contributed by atoms with van der Waals surface area (Å²) in [5.74, 6) is 0. The van der Waals surface area contributed by atoms with Crippen molar-refractivity contribution in [3.8, 4) is 6.07 Å². The Morgan fingerprint density at radius 2 is 2.04 bits per heavy atom. The van der Waals surface area contributed by atoms with Gasteiger partial charge in [-0.2, -0.15) is 29.5 Å². The number of aliphatic imine (C=N–C) groups is 1. The van der Waals surface area contributed by atoms with Crippen LogP contribution in [-0.2, 0) is 32.7 Å². The van der Waals surface area contributed by atoms with Crippen molar-refractivity contribution in [1.82, 2.24) is 4.37 Å². The van der Waals surface area contributed by atoms with Gasteiger partial charge in [0.05, 0.1) is 0 Å². The molecule has 2 aromatic carbocycles. The number of para-hydroxylation sites is 1. The molecule has 115 valence electrons. The van der Waals surface area contributed by atoms with Crippen LogP contribution in [0.25, 0.3) is 0 Å². The number of benzene rings is 2. The fraction of sp³-hybridized carbons (Fsp3) is 0. The summed E-state index contributed by atoms with van der Waals surface area (Å²) in [6.07, 6.45) is 2.94. The fourth-order valence-electron chi connectivity index (χ4n) is 1.83. The van der Waals surface area contributed by atoms with Crippen LogP contribution in [0.4, 0.5) is 16.4 Å². The number of aromatic nitrogens is 1. The van der Waals surface area contributed by atoms with Gasteiger partial charge in [-0.1, -0.05) is 12.1 Å². The van der Waals surface area contributed by atoms with Crippen LogP contribution in [0.1, 0.15) is 11.1 Å². The molecule has 0 aliphatic rings. The van der Waals surface area contributed by atoms with Gasteiger partial charge < -0.3 is 10.3 Å². The third-order valence-electron chi connectivity index (χ3n) is 2.95. The standard InChI is InChI=1S/C17H10N4OS.Y/c18-10-15-16(22)21-23-17(15)20-14-8-6-12(7-9-14)11-19-13-4-2-1-3-5-13;/h1-4,6-9,20H,(H,21,22);/q-2;. The summed E-state index contributed by atoms with van der Waals surface area (Å²) in [6.45, 7) is 0. The molecule has 0 spiro atoms. The van der Waals surface area contributed by atoms with E-state index in [1.165, 1.54) is 0 Å². The number of nitrogens with zero attached hydrogens (tertiary/aromatic N) is 2. The molecule has 5 nitrogen and oxygen atoms in total. The van der Waals surface area contributed by atoms with E-state index in [1.807, 2.05) is 48.5 Å². The summed E-state index contributed by atoms with van der Waals surface area (Å²) in [7, 11) is 0. The second-order valence-electron chi connectivity index (χ2n) is 4.52. The molecule has 1 heterocycles. The van der Waals surface area contributed by atoms with Crippen LogP contribution < -0.4 is 10.9 Å². The second kappa shape index (κ2) is 8.69. The summed E-state index contributed by atoms with van der Waals surface area (Å²) < 4.78 is 2.53. The van der Waals surface area contributed by atoms with Crippen LogP contribution in [0.5, 0.6) is 0 Å². The number of hydrogen-bond donors (Lipinski definition) is 2. The van der Waals surface area contributed by atoms with E-state index in [2.05, 4.69) is 27.0 Å². The van der Waals surface area contributed by atoms with Crippen molar-refractivity contribution < 1.29 is 32.7 Å². The molecule has 1 radical (unpaired) electrons.